The first-order valence-electron chi connectivity index (χ1n) is 8.26. The number of aryl methyl sites for hydroxylation is 1. The molecule has 7 heteroatoms. The molecule has 0 aliphatic rings. The molecule has 1 aromatic heterocycles. The van der Waals surface area contributed by atoms with Gasteiger partial charge in [0.25, 0.3) is 5.56 Å². The van der Waals surface area contributed by atoms with Crippen LogP contribution in [0.15, 0.2) is 47.3 Å². The van der Waals surface area contributed by atoms with Gasteiger partial charge in [0.2, 0.25) is 5.91 Å². The standard InChI is InChI=1S/C19H20N4O3/c1-12-5-4-6-16-18(12)19(25)23(22-21-16)11-17(24)20-13(2)14-7-9-15(26-3)10-8-14/h4-10,13H,11H2,1-3H3,(H,20,24)/t13-/m0/s1. The molecule has 0 fully saturated rings. The third kappa shape index (κ3) is 3.56. The molecule has 0 unspecified atom stereocenters. The highest BCUT2D eigenvalue weighted by molar-refractivity contribution is 5.81. The van der Waals surface area contributed by atoms with Gasteiger partial charge in [0.1, 0.15) is 17.8 Å². The van der Waals surface area contributed by atoms with Gasteiger partial charge < -0.3 is 10.1 Å². The summed E-state index contributed by atoms with van der Waals surface area (Å²) >= 11 is 0. The zero-order valence-corrected chi connectivity index (χ0v) is 14.9. The van der Waals surface area contributed by atoms with Gasteiger partial charge in [0, 0.05) is 0 Å². The minimum Gasteiger partial charge on any atom is -0.497 e. The number of hydrogen-bond acceptors (Lipinski definition) is 5. The summed E-state index contributed by atoms with van der Waals surface area (Å²) < 4.78 is 6.22. The Kier molecular flexibility index (Phi) is 4.97. The Labute approximate surface area is 150 Å². The zero-order chi connectivity index (χ0) is 18.7. The molecule has 0 radical (unpaired) electrons. The van der Waals surface area contributed by atoms with E-state index in [1.54, 1.807) is 13.2 Å². The smallest absolute Gasteiger partial charge is 0.278 e. The minimum atomic E-state index is -0.319. The first kappa shape index (κ1) is 17.6. The van der Waals surface area contributed by atoms with Gasteiger partial charge in [-0.1, -0.05) is 29.5 Å². The maximum Gasteiger partial charge on any atom is 0.278 e. The Bertz CT molecular complexity index is 996. The molecular weight excluding hydrogens is 332 g/mol. The Morgan fingerprint density at radius 2 is 1.96 bits per heavy atom. The van der Waals surface area contributed by atoms with Gasteiger partial charge in [-0.05, 0) is 43.2 Å². The number of benzene rings is 2. The Balaban J connectivity index is 1.75. The van der Waals surface area contributed by atoms with Crippen LogP contribution < -0.4 is 15.6 Å². The number of fused-ring (bicyclic) bond motifs is 1. The summed E-state index contributed by atoms with van der Waals surface area (Å²) in [7, 11) is 1.60. The molecule has 0 saturated heterocycles. The second-order valence-corrected chi connectivity index (χ2v) is 6.08. The van der Waals surface area contributed by atoms with Crippen LogP contribution in [-0.2, 0) is 11.3 Å². The SMILES string of the molecule is COc1ccc([C@H](C)NC(=O)Cn2nnc3cccc(C)c3c2=O)cc1. The summed E-state index contributed by atoms with van der Waals surface area (Å²) in [5.74, 6) is 0.443. The largest absolute Gasteiger partial charge is 0.497 e. The lowest BCUT2D eigenvalue weighted by Gasteiger charge is -2.15. The molecule has 0 spiro atoms. The number of carbonyl (C=O) groups excluding carboxylic acids is 1. The van der Waals surface area contributed by atoms with E-state index in [2.05, 4.69) is 15.6 Å². The van der Waals surface area contributed by atoms with Gasteiger partial charge in [-0.2, -0.15) is 0 Å². The molecular formula is C19H20N4O3. The maximum atomic E-state index is 12.6. The van der Waals surface area contributed by atoms with Crippen molar-refractivity contribution in [1.82, 2.24) is 20.3 Å². The van der Waals surface area contributed by atoms with Gasteiger partial charge in [-0.3, -0.25) is 9.59 Å². The molecule has 0 saturated carbocycles. The highest BCUT2D eigenvalue weighted by atomic mass is 16.5. The quantitative estimate of drug-likeness (QED) is 0.759. The zero-order valence-electron chi connectivity index (χ0n) is 14.9. The second kappa shape index (κ2) is 7.35. The first-order chi connectivity index (χ1) is 12.5. The summed E-state index contributed by atoms with van der Waals surface area (Å²) in [6.45, 7) is 3.52. The lowest BCUT2D eigenvalue weighted by molar-refractivity contribution is -0.122. The Morgan fingerprint density at radius 1 is 1.23 bits per heavy atom. The number of aromatic nitrogens is 3. The van der Waals surface area contributed by atoms with Crippen LogP contribution in [0.2, 0.25) is 0 Å². The Hall–Kier alpha value is -3.22. The first-order valence-corrected chi connectivity index (χ1v) is 8.26. The molecule has 2 aromatic carbocycles. The number of ether oxygens (including phenoxy) is 1. The minimum absolute atomic E-state index is 0.184. The fourth-order valence-electron chi connectivity index (χ4n) is 2.79. The number of rotatable bonds is 5. The number of methoxy groups -OCH3 is 1. The van der Waals surface area contributed by atoms with E-state index in [-0.39, 0.29) is 24.1 Å². The topological polar surface area (TPSA) is 86.1 Å². The van der Waals surface area contributed by atoms with Crippen LogP contribution in [0.4, 0.5) is 0 Å². The number of amides is 1. The van der Waals surface area contributed by atoms with Crippen LogP contribution in [0.1, 0.15) is 24.1 Å². The van der Waals surface area contributed by atoms with Crippen molar-refractivity contribution in [3.63, 3.8) is 0 Å². The van der Waals surface area contributed by atoms with Crippen molar-refractivity contribution in [3.8, 4) is 5.75 Å². The van der Waals surface area contributed by atoms with E-state index in [0.29, 0.717) is 10.9 Å². The predicted octanol–water partition coefficient (Wildman–Crippen LogP) is 1.99. The van der Waals surface area contributed by atoms with Crippen LogP contribution in [-0.4, -0.2) is 28.0 Å². The summed E-state index contributed by atoms with van der Waals surface area (Å²) in [6, 6.07) is 12.6. The Morgan fingerprint density at radius 3 is 2.65 bits per heavy atom. The van der Waals surface area contributed by atoms with E-state index in [9.17, 15) is 9.59 Å². The van der Waals surface area contributed by atoms with E-state index in [4.69, 9.17) is 4.74 Å². The van der Waals surface area contributed by atoms with Gasteiger partial charge in [0.15, 0.2) is 0 Å². The number of nitrogens with zero attached hydrogens (tertiary/aromatic N) is 3. The summed E-state index contributed by atoms with van der Waals surface area (Å²) in [5.41, 5.74) is 1.95. The molecule has 0 bridgehead atoms. The van der Waals surface area contributed by atoms with E-state index >= 15 is 0 Å². The highest BCUT2D eigenvalue weighted by Gasteiger charge is 2.14. The van der Waals surface area contributed by atoms with E-state index in [1.807, 2.05) is 50.2 Å². The fourth-order valence-corrected chi connectivity index (χ4v) is 2.79. The summed E-state index contributed by atoms with van der Waals surface area (Å²) in [5, 5.41) is 11.2. The van der Waals surface area contributed by atoms with Crippen LogP contribution in [0.25, 0.3) is 10.9 Å². The van der Waals surface area contributed by atoms with Crippen molar-refractivity contribution in [2.24, 2.45) is 0 Å². The van der Waals surface area contributed by atoms with Crippen molar-refractivity contribution in [2.45, 2.75) is 26.4 Å². The van der Waals surface area contributed by atoms with E-state index < -0.39 is 0 Å². The maximum absolute atomic E-state index is 12.6. The van der Waals surface area contributed by atoms with Crippen molar-refractivity contribution < 1.29 is 9.53 Å². The average molecular weight is 352 g/mol. The van der Waals surface area contributed by atoms with Gasteiger partial charge >= 0.3 is 0 Å². The van der Waals surface area contributed by atoms with Crippen molar-refractivity contribution >= 4 is 16.8 Å². The molecule has 3 aromatic rings. The molecule has 1 atom stereocenters. The second-order valence-electron chi connectivity index (χ2n) is 6.08. The summed E-state index contributed by atoms with van der Waals surface area (Å²) in [6.07, 6.45) is 0. The predicted molar refractivity (Wildman–Crippen MR) is 98.1 cm³/mol. The van der Waals surface area contributed by atoms with Crippen molar-refractivity contribution in [1.29, 1.82) is 0 Å². The number of nitrogens with one attached hydrogen (secondary N) is 1. The molecule has 1 N–H and O–H groups in total. The monoisotopic (exact) mass is 352 g/mol. The lowest BCUT2D eigenvalue weighted by Crippen LogP contribution is -2.35. The van der Waals surface area contributed by atoms with Gasteiger partial charge in [-0.15, -0.1) is 5.10 Å². The third-order valence-electron chi connectivity index (χ3n) is 4.25. The molecule has 26 heavy (non-hydrogen) atoms. The van der Waals surface area contributed by atoms with Crippen LogP contribution >= 0.6 is 0 Å². The highest BCUT2D eigenvalue weighted by Crippen LogP contribution is 2.17. The van der Waals surface area contributed by atoms with Crippen LogP contribution in [0, 0.1) is 6.92 Å². The molecule has 7 nitrogen and oxygen atoms in total. The van der Waals surface area contributed by atoms with Gasteiger partial charge in [0.05, 0.1) is 18.5 Å². The lowest BCUT2D eigenvalue weighted by atomic mass is 10.1. The van der Waals surface area contributed by atoms with Crippen LogP contribution in [0.5, 0.6) is 5.75 Å². The molecule has 0 aliphatic carbocycles. The molecule has 134 valence electrons. The molecule has 1 amide bonds. The molecule has 0 aliphatic heterocycles. The van der Waals surface area contributed by atoms with Crippen molar-refractivity contribution in [2.75, 3.05) is 7.11 Å². The number of carbonyl (C=O) groups is 1. The van der Waals surface area contributed by atoms with Crippen LogP contribution in [0.3, 0.4) is 0 Å². The fraction of sp³-hybridized carbons (Fsp3) is 0.263. The van der Waals surface area contributed by atoms with Gasteiger partial charge in [-0.25, -0.2) is 4.68 Å². The van der Waals surface area contributed by atoms with E-state index in [1.165, 1.54) is 0 Å². The van der Waals surface area contributed by atoms with Crippen molar-refractivity contribution in [3.05, 3.63) is 63.9 Å². The normalized spacial score (nSPS) is 12.0. The summed E-state index contributed by atoms with van der Waals surface area (Å²) in [4.78, 5) is 24.9. The van der Waals surface area contributed by atoms with E-state index in [0.717, 1.165) is 21.6 Å². The number of hydrogen-bond donors (Lipinski definition) is 1. The molecule has 3 rings (SSSR count). The average Bonchev–Trinajstić information content (AvgIpc) is 2.64. The third-order valence-corrected chi connectivity index (χ3v) is 4.25. The molecule has 1 heterocycles.